The molecule has 0 amide bonds. The first-order valence-corrected chi connectivity index (χ1v) is 12.5. The first-order valence-electron chi connectivity index (χ1n) is 10.7. The van der Waals surface area contributed by atoms with Crippen LogP contribution < -0.4 is 5.56 Å². The van der Waals surface area contributed by atoms with E-state index in [-0.39, 0.29) is 5.56 Å². The third-order valence-electron chi connectivity index (χ3n) is 5.78. The zero-order chi connectivity index (χ0) is 22.2. The maximum atomic E-state index is 13.4. The number of allylic oxidation sites excluding steroid dienone is 1. The van der Waals surface area contributed by atoms with Gasteiger partial charge < -0.3 is 4.42 Å². The Morgan fingerprint density at radius 1 is 1.31 bits per heavy atom. The first-order chi connectivity index (χ1) is 15.5. The van der Waals surface area contributed by atoms with E-state index < -0.39 is 0 Å². The number of hydrogen-bond acceptors (Lipinski definition) is 7. The monoisotopic (exact) mass is 464 g/mol. The summed E-state index contributed by atoms with van der Waals surface area (Å²) in [6, 6.07) is 7.97. The predicted molar refractivity (Wildman–Crippen MR) is 129 cm³/mol. The first kappa shape index (κ1) is 21.2. The number of benzene rings is 1. The van der Waals surface area contributed by atoms with Gasteiger partial charge in [0.15, 0.2) is 5.16 Å². The van der Waals surface area contributed by atoms with Crippen LogP contribution in [0.4, 0.5) is 0 Å². The fourth-order valence-corrected chi connectivity index (χ4v) is 6.33. The summed E-state index contributed by atoms with van der Waals surface area (Å²) in [6.45, 7) is 8.56. The van der Waals surface area contributed by atoms with Crippen molar-refractivity contribution in [2.24, 2.45) is 5.92 Å². The van der Waals surface area contributed by atoms with E-state index in [9.17, 15) is 4.79 Å². The number of thioether (sulfide) groups is 1. The molecule has 5 rings (SSSR count). The molecular formula is C24H24N4O2S2. The van der Waals surface area contributed by atoms with Gasteiger partial charge in [-0.2, -0.15) is 0 Å². The van der Waals surface area contributed by atoms with E-state index in [0.29, 0.717) is 35.2 Å². The molecule has 0 bridgehead atoms. The van der Waals surface area contributed by atoms with Gasteiger partial charge in [0.25, 0.3) is 5.56 Å². The van der Waals surface area contributed by atoms with Crippen LogP contribution in [0.3, 0.4) is 0 Å². The third-order valence-corrected chi connectivity index (χ3v) is 7.89. The summed E-state index contributed by atoms with van der Waals surface area (Å²) in [5, 5.41) is 9.80. The van der Waals surface area contributed by atoms with Crippen LogP contribution in [0.15, 0.2) is 51.3 Å². The molecule has 1 aliphatic carbocycles. The maximum Gasteiger partial charge on any atom is 0.263 e. The molecular weight excluding hydrogens is 440 g/mol. The van der Waals surface area contributed by atoms with Gasteiger partial charge in [-0.1, -0.05) is 42.5 Å². The lowest BCUT2D eigenvalue weighted by Gasteiger charge is -2.17. The van der Waals surface area contributed by atoms with Crippen molar-refractivity contribution in [1.29, 1.82) is 0 Å². The van der Waals surface area contributed by atoms with E-state index in [1.165, 1.54) is 27.8 Å². The van der Waals surface area contributed by atoms with E-state index in [4.69, 9.17) is 9.40 Å². The summed E-state index contributed by atoms with van der Waals surface area (Å²) in [5.74, 6) is 2.09. The average Bonchev–Trinajstić information content (AvgIpc) is 3.39. The van der Waals surface area contributed by atoms with Crippen molar-refractivity contribution in [2.75, 3.05) is 0 Å². The molecule has 0 radical (unpaired) electrons. The van der Waals surface area contributed by atoms with E-state index >= 15 is 0 Å². The Balaban J connectivity index is 1.45. The lowest BCUT2D eigenvalue weighted by atomic mass is 9.89. The average molecular weight is 465 g/mol. The molecule has 1 atom stereocenters. The molecule has 1 aromatic carbocycles. The van der Waals surface area contributed by atoms with Crippen molar-refractivity contribution in [3.8, 4) is 11.5 Å². The Morgan fingerprint density at radius 2 is 2.12 bits per heavy atom. The number of rotatable bonds is 6. The van der Waals surface area contributed by atoms with Gasteiger partial charge in [0.05, 0.1) is 11.1 Å². The molecule has 164 valence electrons. The minimum Gasteiger partial charge on any atom is -0.420 e. The number of nitrogens with zero attached hydrogens (tertiary/aromatic N) is 4. The minimum atomic E-state index is 0.0235. The van der Waals surface area contributed by atoms with Crippen LogP contribution in [0.5, 0.6) is 0 Å². The molecule has 0 spiro atoms. The fraction of sp³-hybridized carbons (Fsp3) is 0.333. The summed E-state index contributed by atoms with van der Waals surface area (Å²) in [7, 11) is 0. The summed E-state index contributed by atoms with van der Waals surface area (Å²) in [6.07, 6.45) is 4.85. The standard InChI is InChI=1S/C24H24N4O2S2/c1-4-11-28-23(29)20-17-10-7-15(3)12-18(17)32-22(20)25-24(28)31-13-19-26-27-21(30-19)16-8-5-14(2)6-9-16/h4-6,8-9,15H,1,7,10-13H2,2-3H3. The van der Waals surface area contributed by atoms with Gasteiger partial charge in [-0.3, -0.25) is 9.36 Å². The highest BCUT2D eigenvalue weighted by Gasteiger charge is 2.24. The number of hydrogen-bond donors (Lipinski definition) is 0. The van der Waals surface area contributed by atoms with Gasteiger partial charge in [-0.25, -0.2) is 4.98 Å². The van der Waals surface area contributed by atoms with Crippen molar-refractivity contribution in [3.05, 3.63) is 69.2 Å². The highest BCUT2D eigenvalue weighted by molar-refractivity contribution is 7.98. The van der Waals surface area contributed by atoms with Gasteiger partial charge in [0, 0.05) is 17.0 Å². The fourth-order valence-electron chi connectivity index (χ4n) is 4.06. The van der Waals surface area contributed by atoms with Crippen LogP contribution in [-0.2, 0) is 25.1 Å². The predicted octanol–water partition coefficient (Wildman–Crippen LogP) is 5.42. The Hall–Kier alpha value is -2.71. The van der Waals surface area contributed by atoms with Crippen LogP contribution in [0.25, 0.3) is 21.7 Å². The second-order valence-electron chi connectivity index (χ2n) is 8.29. The van der Waals surface area contributed by atoms with E-state index in [1.54, 1.807) is 22.0 Å². The van der Waals surface area contributed by atoms with Crippen LogP contribution in [0.1, 0.15) is 35.2 Å². The maximum absolute atomic E-state index is 13.4. The van der Waals surface area contributed by atoms with Crippen LogP contribution in [0, 0.1) is 12.8 Å². The van der Waals surface area contributed by atoms with Gasteiger partial charge in [0.2, 0.25) is 11.8 Å². The highest BCUT2D eigenvalue weighted by atomic mass is 32.2. The van der Waals surface area contributed by atoms with Gasteiger partial charge >= 0.3 is 0 Å². The molecule has 6 nitrogen and oxygen atoms in total. The molecule has 0 fully saturated rings. The highest BCUT2D eigenvalue weighted by Crippen LogP contribution is 2.36. The topological polar surface area (TPSA) is 73.8 Å². The molecule has 0 N–H and O–H groups in total. The molecule has 1 aliphatic rings. The number of aryl methyl sites for hydroxylation is 2. The van der Waals surface area contributed by atoms with Gasteiger partial charge in [-0.05, 0) is 49.8 Å². The molecule has 3 heterocycles. The smallest absolute Gasteiger partial charge is 0.263 e. The molecule has 1 unspecified atom stereocenters. The third kappa shape index (κ3) is 3.93. The SMILES string of the molecule is C=CCn1c(SCc2nnc(-c3ccc(C)cc3)o2)nc2sc3c(c2c1=O)CCC(C)C3. The van der Waals surface area contributed by atoms with E-state index in [0.717, 1.165) is 35.0 Å². The number of fused-ring (bicyclic) bond motifs is 3. The lowest BCUT2D eigenvalue weighted by molar-refractivity contribution is 0.509. The van der Waals surface area contributed by atoms with Crippen LogP contribution >= 0.6 is 23.1 Å². The van der Waals surface area contributed by atoms with Crippen LogP contribution in [0.2, 0.25) is 0 Å². The van der Waals surface area contributed by atoms with E-state index in [2.05, 4.69) is 23.7 Å². The molecule has 0 aliphatic heterocycles. The largest absolute Gasteiger partial charge is 0.420 e. The summed E-state index contributed by atoms with van der Waals surface area (Å²) in [5.41, 5.74) is 3.29. The van der Waals surface area contributed by atoms with Gasteiger partial charge in [-0.15, -0.1) is 28.1 Å². The Labute approximate surface area is 194 Å². The normalized spacial score (nSPS) is 15.8. The number of aromatic nitrogens is 4. The second-order valence-corrected chi connectivity index (χ2v) is 10.3. The van der Waals surface area contributed by atoms with Crippen molar-refractivity contribution in [2.45, 2.75) is 50.6 Å². The van der Waals surface area contributed by atoms with Crippen molar-refractivity contribution >= 4 is 33.3 Å². The van der Waals surface area contributed by atoms with Crippen molar-refractivity contribution < 1.29 is 4.42 Å². The summed E-state index contributed by atoms with van der Waals surface area (Å²) < 4.78 is 7.56. The molecule has 32 heavy (non-hydrogen) atoms. The second kappa shape index (κ2) is 8.67. The zero-order valence-corrected chi connectivity index (χ0v) is 19.8. The molecule has 3 aromatic heterocycles. The zero-order valence-electron chi connectivity index (χ0n) is 18.1. The quantitative estimate of drug-likeness (QED) is 0.215. The van der Waals surface area contributed by atoms with Gasteiger partial charge in [0.1, 0.15) is 4.83 Å². The minimum absolute atomic E-state index is 0.0235. The summed E-state index contributed by atoms with van der Waals surface area (Å²) >= 11 is 3.11. The Morgan fingerprint density at radius 3 is 2.91 bits per heavy atom. The lowest BCUT2D eigenvalue weighted by Crippen LogP contribution is -2.23. The Kier molecular flexibility index (Phi) is 5.73. The Bertz CT molecular complexity index is 1350. The molecule has 0 saturated heterocycles. The molecule has 0 saturated carbocycles. The van der Waals surface area contributed by atoms with Crippen LogP contribution in [-0.4, -0.2) is 19.7 Å². The number of thiophene rings is 1. The molecule has 8 heteroatoms. The molecule has 4 aromatic rings. The summed E-state index contributed by atoms with van der Waals surface area (Å²) in [4.78, 5) is 20.4. The van der Waals surface area contributed by atoms with E-state index in [1.807, 2.05) is 31.2 Å². The van der Waals surface area contributed by atoms with Crippen molar-refractivity contribution in [1.82, 2.24) is 19.7 Å². The van der Waals surface area contributed by atoms with Crippen molar-refractivity contribution in [3.63, 3.8) is 0 Å².